The van der Waals surface area contributed by atoms with Crippen LogP contribution in [0.3, 0.4) is 0 Å². The quantitative estimate of drug-likeness (QED) is 0.839. The van der Waals surface area contributed by atoms with Crippen molar-refractivity contribution >= 4 is 0 Å². The minimum atomic E-state index is 0.489. The molecule has 1 fully saturated rings. The van der Waals surface area contributed by atoms with Crippen LogP contribution in [-0.4, -0.2) is 11.4 Å². The second-order valence-electron chi connectivity index (χ2n) is 5.31. The van der Waals surface area contributed by atoms with Crippen molar-refractivity contribution in [3.8, 4) is 6.07 Å². The summed E-state index contributed by atoms with van der Waals surface area (Å²) < 4.78 is 0. The van der Waals surface area contributed by atoms with Gasteiger partial charge < -0.3 is 0 Å². The van der Waals surface area contributed by atoms with Crippen molar-refractivity contribution in [1.82, 2.24) is 4.90 Å². The fourth-order valence-electron chi connectivity index (χ4n) is 3.05. The number of nitriles is 1. The molecule has 0 spiro atoms. The number of benzene rings is 2. The van der Waals surface area contributed by atoms with E-state index in [1.54, 1.807) is 0 Å². The van der Waals surface area contributed by atoms with E-state index in [1.807, 2.05) is 18.2 Å². The highest BCUT2D eigenvalue weighted by molar-refractivity contribution is 5.37. The Hall–Kier alpha value is -2.11. The Labute approximate surface area is 120 Å². The summed E-state index contributed by atoms with van der Waals surface area (Å²) in [4.78, 5) is 2.49. The lowest BCUT2D eigenvalue weighted by atomic mass is 10.0. The smallest absolute Gasteiger partial charge is 0.0995 e. The normalized spacial score (nSPS) is 18.9. The first-order valence-electron chi connectivity index (χ1n) is 7.15. The largest absolute Gasteiger partial charge is 0.292 e. The van der Waals surface area contributed by atoms with Gasteiger partial charge in [0.25, 0.3) is 0 Å². The van der Waals surface area contributed by atoms with Crippen molar-refractivity contribution in [2.24, 2.45) is 0 Å². The maximum absolute atomic E-state index is 9.21. The molecule has 0 N–H and O–H groups in total. The van der Waals surface area contributed by atoms with Crippen molar-refractivity contribution in [2.45, 2.75) is 25.4 Å². The lowest BCUT2D eigenvalue weighted by molar-refractivity contribution is 0.248. The van der Waals surface area contributed by atoms with Crippen molar-refractivity contribution < 1.29 is 0 Å². The molecule has 2 aromatic rings. The molecule has 1 heterocycles. The highest BCUT2D eigenvalue weighted by Crippen LogP contribution is 2.33. The summed E-state index contributed by atoms with van der Waals surface area (Å²) in [5.41, 5.74) is 3.32. The number of hydrogen-bond donors (Lipinski definition) is 0. The standard InChI is InChI=1S/C18H18N2/c19-13-16-9-4-5-10-17(16)14-20-12-6-11-18(20)15-7-2-1-3-8-15/h1-5,7-10,18H,6,11-12,14H2. The van der Waals surface area contributed by atoms with Gasteiger partial charge in [0.2, 0.25) is 0 Å². The van der Waals surface area contributed by atoms with Gasteiger partial charge in [-0.25, -0.2) is 0 Å². The van der Waals surface area contributed by atoms with Gasteiger partial charge in [-0.15, -0.1) is 0 Å². The van der Waals surface area contributed by atoms with E-state index in [1.165, 1.54) is 18.4 Å². The summed E-state index contributed by atoms with van der Waals surface area (Å²) in [7, 11) is 0. The summed E-state index contributed by atoms with van der Waals surface area (Å²) in [6, 6.07) is 21.4. The lowest BCUT2D eigenvalue weighted by Crippen LogP contribution is -2.23. The Morgan fingerprint density at radius 1 is 1.05 bits per heavy atom. The van der Waals surface area contributed by atoms with E-state index in [0.29, 0.717) is 6.04 Å². The van der Waals surface area contributed by atoms with E-state index in [9.17, 15) is 5.26 Å². The van der Waals surface area contributed by atoms with Crippen LogP contribution in [0.2, 0.25) is 0 Å². The van der Waals surface area contributed by atoms with Gasteiger partial charge in [0.05, 0.1) is 11.6 Å². The van der Waals surface area contributed by atoms with E-state index in [0.717, 1.165) is 24.2 Å². The molecule has 2 heteroatoms. The molecule has 0 radical (unpaired) electrons. The molecule has 1 aliphatic heterocycles. The van der Waals surface area contributed by atoms with Crippen LogP contribution in [0.5, 0.6) is 0 Å². The van der Waals surface area contributed by atoms with Gasteiger partial charge in [0, 0.05) is 12.6 Å². The van der Waals surface area contributed by atoms with Gasteiger partial charge in [0.15, 0.2) is 0 Å². The zero-order valence-electron chi connectivity index (χ0n) is 11.5. The molecule has 2 nitrogen and oxygen atoms in total. The van der Waals surface area contributed by atoms with Gasteiger partial charge in [-0.1, -0.05) is 48.5 Å². The van der Waals surface area contributed by atoms with Crippen LogP contribution in [0.1, 0.15) is 35.6 Å². The Bertz CT molecular complexity index is 613. The van der Waals surface area contributed by atoms with Crippen LogP contribution >= 0.6 is 0 Å². The summed E-state index contributed by atoms with van der Waals surface area (Å²) in [6.07, 6.45) is 2.44. The van der Waals surface area contributed by atoms with Crippen LogP contribution in [0.15, 0.2) is 54.6 Å². The average Bonchev–Trinajstić information content (AvgIpc) is 2.97. The van der Waals surface area contributed by atoms with Crippen LogP contribution in [0, 0.1) is 11.3 Å². The zero-order chi connectivity index (χ0) is 13.8. The molecule has 0 amide bonds. The van der Waals surface area contributed by atoms with Crippen LogP contribution in [0.25, 0.3) is 0 Å². The van der Waals surface area contributed by atoms with Gasteiger partial charge in [-0.2, -0.15) is 5.26 Å². The molecule has 1 saturated heterocycles. The van der Waals surface area contributed by atoms with Gasteiger partial charge >= 0.3 is 0 Å². The SMILES string of the molecule is N#Cc1ccccc1CN1CCCC1c1ccccc1. The minimum absolute atomic E-state index is 0.489. The Balaban J connectivity index is 1.82. The highest BCUT2D eigenvalue weighted by atomic mass is 15.2. The fraction of sp³-hybridized carbons (Fsp3) is 0.278. The molecule has 0 aliphatic carbocycles. The van der Waals surface area contributed by atoms with Crippen molar-refractivity contribution in [2.75, 3.05) is 6.54 Å². The average molecular weight is 262 g/mol. The summed E-state index contributed by atoms with van der Waals surface area (Å²) in [5, 5.41) is 9.21. The number of rotatable bonds is 3. The summed E-state index contributed by atoms with van der Waals surface area (Å²) in [6.45, 7) is 1.97. The second-order valence-corrected chi connectivity index (χ2v) is 5.31. The third-order valence-electron chi connectivity index (χ3n) is 4.06. The Kier molecular flexibility index (Phi) is 3.80. The molecule has 0 bridgehead atoms. The van der Waals surface area contributed by atoms with Crippen LogP contribution in [0.4, 0.5) is 0 Å². The summed E-state index contributed by atoms with van der Waals surface area (Å²) >= 11 is 0. The van der Waals surface area contributed by atoms with Crippen molar-refractivity contribution in [3.63, 3.8) is 0 Å². The molecule has 2 aromatic carbocycles. The fourth-order valence-corrected chi connectivity index (χ4v) is 3.05. The summed E-state index contributed by atoms with van der Waals surface area (Å²) in [5.74, 6) is 0. The molecule has 1 atom stereocenters. The molecular weight excluding hydrogens is 244 g/mol. The third-order valence-corrected chi connectivity index (χ3v) is 4.06. The predicted molar refractivity (Wildman–Crippen MR) is 80.0 cm³/mol. The van der Waals surface area contributed by atoms with E-state index >= 15 is 0 Å². The first kappa shape index (κ1) is 12.9. The predicted octanol–water partition coefficient (Wildman–Crippen LogP) is 3.90. The van der Waals surface area contributed by atoms with Crippen LogP contribution < -0.4 is 0 Å². The first-order valence-corrected chi connectivity index (χ1v) is 7.15. The van der Waals surface area contributed by atoms with Crippen LogP contribution in [-0.2, 0) is 6.54 Å². The van der Waals surface area contributed by atoms with Gasteiger partial charge in [-0.05, 0) is 36.6 Å². The Morgan fingerprint density at radius 3 is 2.60 bits per heavy atom. The van der Waals surface area contributed by atoms with E-state index in [-0.39, 0.29) is 0 Å². The second kappa shape index (κ2) is 5.90. The zero-order valence-corrected chi connectivity index (χ0v) is 11.5. The molecule has 0 aromatic heterocycles. The molecule has 1 aliphatic rings. The molecule has 100 valence electrons. The molecule has 0 saturated carbocycles. The van der Waals surface area contributed by atoms with E-state index < -0.39 is 0 Å². The monoisotopic (exact) mass is 262 g/mol. The van der Waals surface area contributed by atoms with Crippen molar-refractivity contribution in [3.05, 3.63) is 71.3 Å². The number of likely N-dealkylation sites (tertiary alicyclic amines) is 1. The number of nitrogens with zero attached hydrogens (tertiary/aromatic N) is 2. The highest BCUT2D eigenvalue weighted by Gasteiger charge is 2.26. The third kappa shape index (κ3) is 2.59. The number of hydrogen-bond acceptors (Lipinski definition) is 2. The maximum Gasteiger partial charge on any atom is 0.0995 e. The van der Waals surface area contributed by atoms with Gasteiger partial charge in [0.1, 0.15) is 0 Å². The van der Waals surface area contributed by atoms with E-state index in [4.69, 9.17) is 0 Å². The molecule has 20 heavy (non-hydrogen) atoms. The molecular formula is C18H18N2. The molecule has 1 unspecified atom stereocenters. The Morgan fingerprint density at radius 2 is 1.80 bits per heavy atom. The van der Waals surface area contributed by atoms with Crippen molar-refractivity contribution in [1.29, 1.82) is 5.26 Å². The minimum Gasteiger partial charge on any atom is -0.292 e. The molecule has 3 rings (SSSR count). The van der Waals surface area contributed by atoms with E-state index in [2.05, 4.69) is 47.4 Å². The maximum atomic E-state index is 9.21. The first-order chi connectivity index (χ1) is 9.88. The van der Waals surface area contributed by atoms with Gasteiger partial charge in [-0.3, -0.25) is 4.90 Å². The lowest BCUT2D eigenvalue weighted by Gasteiger charge is -2.25. The topological polar surface area (TPSA) is 27.0 Å².